The third kappa shape index (κ3) is 2.08. The molecule has 2 aliphatic rings. The smallest absolute Gasteiger partial charge is 0.416 e. The van der Waals surface area contributed by atoms with Crippen molar-refractivity contribution in [2.75, 3.05) is 0 Å². The lowest BCUT2D eigenvalue weighted by atomic mass is 9.75. The molecule has 2 saturated heterocycles. The highest BCUT2D eigenvalue weighted by Gasteiger charge is 2.51. The zero-order valence-electron chi connectivity index (χ0n) is 10.5. The zero-order valence-corrected chi connectivity index (χ0v) is 10.5. The lowest BCUT2D eigenvalue weighted by Gasteiger charge is -2.27. The molecule has 1 aromatic rings. The van der Waals surface area contributed by atoms with Crippen LogP contribution in [0.3, 0.4) is 0 Å². The van der Waals surface area contributed by atoms with Gasteiger partial charge < -0.3 is 10.4 Å². The first-order chi connectivity index (χ1) is 9.38. The molecule has 2 fully saturated rings. The summed E-state index contributed by atoms with van der Waals surface area (Å²) in [6, 6.07) is 4.86. The van der Waals surface area contributed by atoms with Gasteiger partial charge in [0.25, 0.3) is 0 Å². The Balaban J connectivity index is 1.90. The molecule has 6 heteroatoms. The average Bonchev–Trinajstić information content (AvgIpc) is 2.97. The number of halogens is 3. The minimum Gasteiger partial charge on any atom is -0.481 e. The van der Waals surface area contributed by atoms with Crippen molar-refractivity contribution < 1.29 is 23.1 Å². The summed E-state index contributed by atoms with van der Waals surface area (Å²) < 4.78 is 37.6. The van der Waals surface area contributed by atoms with Gasteiger partial charge >= 0.3 is 12.1 Å². The number of carboxylic acids is 1. The van der Waals surface area contributed by atoms with Crippen LogP contribution >= 0.6 is 0 Å². The Hall–Kier alpha value is -1.56. The highest BCUT2D eigenvalue weighted by Crippen LogP contribution is 2.45. The largest absolute Gasteiger partial charge is 0.481 e. The summed E-state index contributed by atoms with van der Waals surface area (Å²) >= 11 is 0. The Morgan fingerprint density at radius 1 is 1.15 bits per heavy atom. The molecule has 0 spiro atoms. The second kappa shape index (κ2) is 4.48. The summed E-state index contributed by atoms with van der Waals surface area (Å²) in [6.07, 6.45) is -2.67. The molecule has 2 bridgehead atoms. The molecular weight excluding hydrogens is 271 g/mol. The third-order valence-corrected chi connectivity index (χ3v) is 4.38. The van der Waals surface area contributed by atoms with E-state index in [2.05, 4.69) is 5.32 Å². The monoisotopic (exact) mass is 285 g/mol. The van der Waals surface area contributed by atoms with Crippen molar-refractivity contribution in [3.05, 3.63) is 35.4 Å². The van der Waals surface area contributed by atoms with Gasteiger partial charge in [0, 0.05) is 18.0 Å². The van der Waals surface area contributed by atoms with Crippen molar-refractivity contribution in [2.45, 2.75) is 37.0 Å². The third-order valence-electron chi connectivity index (χ3n) is 4.38. The van der Waals surface area contributed by atoms with Gasteiger partial charge in [-0.2, -0.15) is 13.2 Å². The van der Waals surface area contributed by atoms with Gasteiger partial charge in [-0.25, -0.2) is 0 Å². The van der Waals surface area contributed by atoms with E-state index in [9.17, 15) is 23.1 Å². The number of alkyl halides is 3. The minimum atomic E-state index is -4.36. The summed E-state index contributed by atoms with van der Waals surface area (Å²) in [5, 5.41) is 12.6. The number of nitrogens with one attached hydrogen (secondary N) is 1. The van der Waals surface area contributed by atoms with E-state index in [1.54, 1.807) is 0 Å². The molecule has 0 saturated carbocycles. The molecule has 0 radical (unpaired) electrons. The Labute approximate surface area is 113 Å². The van der Waals surface area contributed by atoms with Crippen LogP contribution in [0, 0.1) is 5.92 Å². The molecule has 2 aliphatic heterocycles. The quantitative estimate of drug-likeness (QED) is 0.878. The van der Waals surface area contributed by atoms with Gasteiger partial charge in [0.05, 0.1) is 11.5 Å². The van der Waals surface area contributed by atoms with E-state index < -0.39 is 23.6 Å². The van der Waals surface area contributed by atoms with Crippen LogP contribution in [0.2, 0.25) is 0 Å². The predicted molar refractivity (Wildman–Crippen MR) is 65.3 cm³/mol. The topological polar surface area (TPSA) is 49.3 Å². The summed E-state index contributed by atoms with van der Waals surface area (Å²) in [7, 11) is 0. The molecule has 2 heterocycles. The van der Waals surface area contributed by atoms with Crippen LogP contribution in [0.4, 0.5) is 13.2 Å². The van der Waals surface area contributed by atoms with Crippen LogP contribution in [0.1, 0.15) is 29.9 Å². The average molecular weight is 285 g/mol. The van der Waals surface area contributed by atoms with Gasteiger partial charge in [-0.3, -0.25) is 4.79 Å². The molecule has 0 aromatic heterocycles. The molecule has 108 valence electrons. The summed E-state index contributed by atoms with van der Waals surface area (Å²) in [5.74, 6) is -1.67. The number of fused-ring (bicyclic) bond motifs is 2. The zero-order chi connectivity index (χ0) is 14.5. The maximum absolute atomic E-state index is 12.5. The number of carbonyl (C=O) groups is 1. The number of aliphatic carboxylic acids is 1. The maximum atomic E-state index is 12.5. The van der Waals surface area contributed by atoms with E-state index in [-0.39, 0.29) is 18.0 Å². The van der Waals surface area contributed by atoms with Gasteiger partial charge in [0.15, 0.2) is 0 Å². The summed E-state index contributed by atoms with van der Waals surface area (Å²) in [6.45, 7) is 0. The molecule has 4 unspecified atom stereocenters. The Kier molecular flexibility index (Phi) is 3.01. The van der Waals surface area contributed by atoms with Gasteiger partial charge in [-0.15, -0.1) is 0 Å². The molecule has 20 heavy (non-hydrogen) atoms. The van der Waals surface area contributed by atoms with Crippen molar-refractivity contribution in [3.63, 3.8) is 0 Å². The predicted octanol–water partition coefficient (Wildman–Crippen LogP) is 2.62. The van der Waals surface area contributed by atoms with Gasteiger partial charge in [-0.1, -0.05) is 12.1 Å². The molecular formula is C14H14F3NO2. The number of hydrogen-bond acceptors (Lipinski definition) is 2. The van der Waals surface area contributed by atoms with E-state index in [4.69, 9.17) is 0 Å². The standard InChI is InChI=1S/C14H14F3NO2/c15-14(16,17)8-3-1-7(2-4-8)11-9-5-6-10(18-9)12(11)13(19)20/h1-4,9-12,18H,5-6H2,(H,19,20). The maximum Gasteiger partial charge on any atom is 0.416 e. The van der Waals surface area contributed by atoms with Crippen LogP contribution in [-0.2, 0) is 11.0 Å². The number of rotatable bonds is 2. The van der Waals surface area contributed by atoms with Crippen molar-refractivity contribution in [2.24, 2.45) is 5.92 Å². The van der Waals surface area contributed by atoms with Gasteiger partial charge in [0.1, 0.15) is 0 Å². The van der Waals surface area contributed by atoms with Crippen LogP contribution < -0.4 is 5.32 Å². The van der Waals surface area contributed by atoms with Crippen LogP contribution in [0.5, 0.6) is 0 Å². The Bertz CT molecular complexity index is 526. The number of benzene rings is 1. The Morgan fingerprint density at radius 3 is 2.30 bits per heavy atom. The second-order valence-corrected chi connectivity index (χ2v) is 5.47. The lowest BCUT2D eigenvalue weighted by Crippen LogP contribution is -2.32. The molecule has 3 nitrogen and oxygen atoms in total. The fourth-order valence-corrected chi connectivity index (χ4v) is 3.53. The SMILES string of the molecule is O=C(O)C1C2CCC(N2)C1c1ccc(C(F)(F)F)cc1. The van der Waals surface area contributed by atoms with Gasteiger partial charge in [0.2, 0.25) is 0 Å². The van der Waals surface area contributed by atoms with Crippen molar-refractivity contribution in [3.8, 4) is 0 Å². The van der Waals surface area contributed by atoms with Crippen molar-refractivity contribution in [1.29, 1.82) is 0 Å². The first-order valence-electron chi connectivity index (χ1n) is 6.54. The van der Waals surface area contributed by atoms with Crippen molar-refractivity contribution in [1.82, 2.24) is 5.32 Å². The van der Waals surface area contributed by atoms with Crippen molar-refractivity contribution >= 4 is 5.97 Å². The van der Waals surface area contributed by atoms with E-state index in [0.29, 0.717) is 5.56 Å². The van der Waals surface area contributed by atoms with Crippen LogP contribution in [0.25, 0.3) is 0 Å². The second-order valence-electron chi connectivity index (χ2n) is 5.47. The first kappa shape index (κ1) is 13.4. The van der Waals surface area contributed by atoms with Crippen LogP contribution in [-0.4, -0.2) is 23.2 Å². The first-order valence-corrected chi connectivity index (χ1v) is 6.54. The normalized spacial score (nSPS) is 32.5. The van der Waals surface area contributed by atoms with E-state index in [1.165, 1.54) is 12.1 Å². The number of hydrogen-bond donors (Lipinski definition) is 2. The summed E-state index contributed by atoms with van der Waals surface area (Å²) in [4.78, 5) is 11.4. The molecule has 3 rings (SSSR count). The highest BCUT2D eigenvalue weighted by molar-refractivity contribution is 5.73. The lowest BCUT2D eigenvalue weighted by molar-refractivity contribution is -0.143. The molecule has 0 amide bonds. The molecule has 2 N–H and O–H groups in total. The fraction of sp³-hybridized carbons (Fsp3) is 0.500. The van der Waals surface area contributed by atoms with E-state index >= 15 is 0 Å². The highest BCUT2D eigenvalue weighted by atomic mass is 19.4. The van der Waals surface area contributed by atoms with E-state index in [1.807, 2.05) is 0 Å². The van der Waals surface area contributed by atoms with E-state index in [0.717, 1.165) is 25.0 Å². The molecule has 4 atom stereocenters. The fourth-order valence-electron chi connectivity index (χ4n) is 3.53. The molecule has 0 aliphatic carbocycles. The number of carboxylic acid groups (broad SMARTS) is 1. The molecule has 1 aromatic carbocycles. The Morgan fingerprint density at radius 2 is 1.75 bits per heavy atom. The van der Waals surface area contributed by atoms with Gasteiger partial charge in [-0.05, 0) is 30.5 Å². The van der Waals surface area contributed by atoms with Crippen LogP contribution in [0.15, 0.2) is 24.3 Å². The minimum absolute atomic E-state index is 0.0536. The summed E-state index contributed by atoms with van der Waals surface area (Å²) in [5.41, 5.74) is -0.0330.